The van der Waals surface area contributed by atoms with Crippen molar-refractivity contribution in [3.63, 3.8) is 0 Å². The molecule has 0 spiro atoms. The molecule has 164 valence electrons. The van der Waals surface area contributed by atoms with E-state index in [1.54, 1.807) is 6.07 Å². The van der Waals surface area contributed by atoms with Crippen molar-refractivity contribution in [2.24, 2.45) is 0 Å². The maximum atomic E-state index is 12.9. The van der Waals surface area contributed by atoms with E-state index in [-0.39, 0.29) is 23.6 Å². The molecule has 0 unspecified atom stereocenters. The zero-order valence-electron chi connectivity index (χ0n) is 17.3. The summed E-state index contributed by atoms with van der Waals surface area (Å²) < 4.78 is 5.48. The largest absolute Gasteiger partial charge is 0.494 e. The normalized spacial score (nSPS) is 12.6. The molecule has 4 rings (SSSR count). The van der Waals surface area contributed by atoms with Gasteiger partial charge in [0, 0.05) is 24.2 Å². The van der Waals surface area contributed by atoms with Gasteiger partial charge in [0.2, 0.25) is 11.2 Å². The first kappa shape index (κ1) is 22.0. The number of hydrogen-bond acceptors (Lipinski definition) is 5. The maximum absolute atomic E-state index is 12.9. The lowest BCUT2D eigenvalue weighted by molar-refractivity contribution is -0.122. The van der Waals surface area contributed by atoms with Crippen molar-refractivity contribution in [3.05, 3.63) is 75.7 Å². The first-order valence-electron chi connectivity index (χ1n) is 10.0. The van der Waals surface area contributed by atoms with Crippen molar-refractivity contribution in [1.82, 2.24) is 20.2 Å². The van der Waals surface area contributed by atoms with Crippen LogP contribution in [0.15, 0.2) is 48.7 Å². The maximum Gasteiger partial charge on any atom is 0.254 e. The summed E-state index contributed by atoms with van der Waals surface area (Å²) in [5.41, 5.74) is 3.39. The van der Waals surface area contributed by atoms with Crippen LogP contribution < -0.4 is 10.1 Å². The number of ether oxygens (including phenoxy) is 1. The van der Waals surface area contributed by atoms with Gasteiger partial charge in [-0.25, -0.2) is 9.97 Å². The number of rotatable bonds is 7. The lowest BCUT2D eigenvalue weighted by Gasteiger charge is -2.15. The highest BCUT2D eigenvalue weighted by Gasteiger charge is 2.29. The highest BCUT2D eigenvalue weighted by atomic mass is 35.5. The van der Waals surface area contributed by atoms with E-state index < -0.39 is 0 Å². The van der Waals surface area contributed by atoms with Gasteiger partial charge in [0.1, 0.15) is 12.3 Å². The molecule has 9 heteroatoms. The van der Waals surface area contributed by atoms with Gasteiger partial charge in [-0.3, -0.25) is 9.59 Å². The summed E-state index contributed by atoms with van der Waals surface area (Å²) >= 11 is 12.1. The zero-order chi connectivity index (χ0) is 22.7. The second-order valence-corrected chi connectivity index (χ2v) is 7.97. The Labute approximate surface area is 195 Å². The Kier molecular flexibility index (Phi) is 6.58. The molecule has 1 aromatic heterocycles. The van der Waals surface area contributed by atoms with E-state index in [0.717, 1.165) is 16.9 Å². The molecule has 2 heterocycles. The number of carbonyl (C=O) groups is 2. The SMILES string of the molecule is CCOc1cccc(CNC(=O)CN2Cc3ccc(-c4nc(Cl)ncc4Cl)cc3C2=O)c1. The number of nitrogens with one attached hydrogen (secondary N) is 1. The smallest absolute Gasteiger partial charge is 0.254 e. The summed E-state index contributed by atoms with van der Waals surface area (Å²) in [6.45, 7) is 3.17. The Hall–Kier alpha value is -3.16. The minimum atomic E-state index is -0.237. The molecule has 0 bridgehead atoms. The van der Waals surface area contributed by atoms with Gasteiger partial charge in [0.25, 0.3) is 5.91 Å². The summed E-state index contributed by atoms with van der Waals surface area (Å²) in [7, 11) is 0. The average Bonchev–Trinajstić information content (AvgIpc) is 3.09. The molecule has 2 aromatic carbocycles. The number of fused-ring (bicyclic) bond motifs is 1. The minimum Gasteiger partial charge on any atom is -0.494 e. The predicted molar refractivity (Wildman–Crippen MR) is 122 cm³/mol. The lowest BCUT2D eigenvalue weighted by Crippen LogP contribution is -2.37. The summed E-state index contributed by atoms with van der Waals surface area (Å²) in [4.78, 5) is 34.9. The Morgan fingerprint density at radius 3 is 2.88 bits per heavy atom. The number of hydrogen-bond donors (Lipinski definition) is 1. The third-order valence-electron chi connectivity index (χ3n) is 5.01. The van der Waals surface area contributed by atoms with Crippen LogP contribution in [0.2, 0.25) is 10.3 Å². The molecular weight excluding hydrogens is 451 g/mol. The molecule has 0 radical (unpaired) electrons. The van der Waals surface area contributed by atoms with Crippen molar-refractivity contribution in [3.8, 4) is 17.0 Å². The number of aromatic nitrogens is 2. The van der Waals surface area contributed by atoms with Gasteiger partial charge in [-0.2, -0.15) is 0 Å². The van der Waals surface area contributed by atoms with E-state index in [1.165, 1.54) is 11.1 Å². The monoisotopic (exact) mass is 470 g/mol. The highest BCUT2D eigenvalue weighted by molar-refractivity contribution is 6.33. The quantitative estimate of drug-likeness (QED) is 0.524. The van der Waals surface area contributed by atoms with E-state index in [4.69, 9.17) is 27.9 Å². The van der Waals surface area contributed by atoms with Gasteiger partial charge in [0.05, 0.1) is 23.5 Å². The fourth-order valence-corrected chi connectivity index (χ4v) is 3.86. The van der Waals surface area contributed by atoms with E-state index in [1.807, 2.05) is 43.3 Å². The lowest BCUT2D eigenvalue weighted by atomic mass is 10.0. The molecule has 7 nitrogen and oxygen atoms in total. The molecular formula is C23H20Cl2N4O3. The molecule has 32 heavy (non-hydrogen) atoms. The number of amides is 2. The first-order valence-corrected chi connectivity index (χ1v) is 10.8. The zero-order valence-corrected chi connectivity index (χ0v) is 18.8. The van der Waals surface area contributed by atoms with E-state index in [9.17, 15) is 9.59 Å². The molecule has 0 atom stereocenters. The van der Waals surface area contributed by atoms with Crippen LogP contribution in [0.4, 0.5) is 0 Å². The summed E-state index contributed by atoms with van der Waals surface area (Å²) in [5, 5.41) is 3.26. The summed E-state index contributed by atoms with van der Waals surface area (Å²) in [5.74, 6) is 0.302. The van der Waals surface area contributed by atoms with Gasteiger partial charge >= 0.3 is 0 Å². The second kappa shape index (κ2) is 9.54. The molecule has 0 saturated heterocycles. The van der Waals surface area contributed by atoms with Crippen molar-refractivity contribution in [2.45, 2.75) is 20.0 Å². The van der Waals surface area contributed by atoms with Crippen LogP contribution in [0.3, 0.4) is 0 Å². The second-order valence-electron chi connectivity index (χ2n) is 7.23. The van der Waals surface area contributed by atoms with Crippen LogP contribution in [-0.4, -0.2) is 39.8 Å². The van der Waals surface area contributed by atoms with Gasteiger partial charge in [0.15, 0.2) is 0 Å². The Balaban J connectivity index is 1.41. The Bertz CT molecular complexity index is 1190. The predicted octanol–water partition coefficient (Wildman–Crippen LogP) is 4.12. The first-order chi connectivity index (χ1) is 15.4. The number of nitrogens with zero attached hydrogens (tertiary/aromatic N) is 3. The molecule has 2 amide bonds. The van der Waals surface area contributed by atoms with Crippen LogP contribution in [0, 0.1) is 0 Å². The van der Waals surface area contributed by atoms with E-state index in [2.05, 4.69) is 15.3 Å². The van der Waals surface area contributed by atoms with Crippen LogP contribution in [-0.2, 0) is 17.9 Å². The fraction of sp³-hybridized carbons (Fsp3) is 0.217. The fourth-order valence-electron chi connectivity index (χ4n) is 3.53. The average molecular weight is 471 g/mol. The molecule has 3 aromatic rings. The van der Waals surface area contributed by atoms with Crippen LogP contribution >= 0.6 is 23.2 Å². The molecule has 0 fully saturated rings. The van der Waals surface area contributed by atoms with Crippen molar-refractivity contribution >= 4 is 35.0 Å². The van der Waals surface area contributed by atoms with Crippen LogP contribution in [0.5, 0.6) is 5.75 Å². The number of halogens is 2. The third-order valence-corrected chi connectivity index (χ3v) is 5.47. The Morgan fingerprint density at radius 1 is 1.22 bits per heavy atom. The van der Waals surface area contributed by atoms with Crippen molar-refractivity contribution < 1.29 is 14.3 Å². The van der Waals surface area contributed by atoms with Crippen molar-refractivity contribution in [1.29, 1.82) is 0 Å². The minimum absolute atomic E-state index is 0.0336. The van der Waals surface area contributed by atoms with Gasteiger partial charge in [-0.1, -0.05) is 35.9 Å². The number of benzene rings is 2. The van der Waals surface area contributed by atoms with Gasteiger partial charge < -0.3 is 15.0 Å². The molecule has 0 aliphatic carbocycles. The molecule has 0 saturated carbocycles. The molecule has 1 aliphatic rings. The van der Waals surface area contributed by atoms with E-state index >= 15 is 0 Å². The standard InChI is InChI=1S/C23H20Cl2N4O3/c1-2-32-17-5-3-4-14(8-17)10-26-20(30)13-29-12-16-7-6-15(9-18(16)22(29)31)21-19(24)11-27-23(25)28-21/h3-9,11H,2,10,12-13H2,1H3,(H,26,30). The van der Waals surface area contributed by atoms with Crippen molar-refractivity contribution in [2.75, 3.05) is 13.2 Å². The Morgan fingerprint density at radius 2 is 2.06 bits per heavy atom. The summed E-state index contributed by atoms with van der Waals surface area (Å²) in [6, 6.07) is 12.9. The molecule has 1 N–H and O–H groups in total. The van der Waals surface area contributed by atoms with Gasteiger partial charge in [-0.05, 0) is 47.9 Å². The summed E-state index contributed by atoms with van der Waals surface area (Å²) in [6.07, 6.45) is 1.42. The van der Waals surface area contributed by atoms with Gasteiger partial charge in [-0.15, -0.1) is 0 Å². The topological polar surface area (TPSA) is 84.4 Å². The highest BCUT2D eigenvalue weighted by Crippen LogP contribution is 2.31. The number of carbonyl (C=O) groups excluding carboxylic acids is 2. The van der Waals surface area contributed by atoms with Crippen LogP contribution in [0.25, 0.3) is 11.3 Å². The van der Waals surface area contributed by atoms with Crippen LogP contribution in [0.1, 0.15) is 28.4 Å². The molecule has 1 aliphatic heterocycles. The third kappa shape index (κ3) is 4.84. The van der Waals surface area contributed by atoms with E-state index in [0.29, 0.717) is 41.5 Å².